The van der Waals surface area contributed by atoms with Crippen LogP contribution in [-0.4, -0.2) is 33.3 Å². The van der Waals surface area contributed by atoms with Crippen molar-refractivity contribution in [3.63, 3.8) is 0 Å². The average molecular weight is 341 g/mol. The van der Waals surface area contributed by atoms with E-state index in [2.05, 4.69) is 10.6 Å². The Kier molecular flexibility index (Phi) is 5.00. The number of carbonyl (C=O) groups excluding carboxylic acids is 2. The van der Waals surface area contributed by atoms with Crippen LogP contribution in [0, 0.1) is 0 Å². The van der Waals surface area contributed by atoms with E-state index in [1.807, 2.05) is 0 Å². The van der Waals surface area contributed by atoms with Crippen molar-refractivity contribution in [2.24, 2.45) is 0 Å². The normalized spacial score (nSPS) is 17.3. The summed E-state index contributed by atoms with van der Waals surface area (Å²) in [5.41, 5.74) is 1.16. The lowest BCUT2D eigenvalue weighted by molar-refractivity contribution is -0.136. The first-order chi connectivity index (χ1) is 10.9. The second kappa shape index (κ2) is 6.78. The van der Waals surface area contributed by atoms with E-state index in [9.17, 15) is 9.59 Å². The molecule has 1 aromatic rings. The molecule has 7 nitrogen and oxygen atoms in total. The molecule has 0 spiro atoms. The minimum Gasteiger partial charge on any atom is -0.493 e. The number of amides is 2. The summed E-state index contributed by atoms with van der Waals surface area (Å²) in [6.45, 7) is 1.62. The highest BCUT2D eigenvalue weighted by atomic mass is 35.5. The van der Waals surface area contributed by atoms with Gasteiger partial charge < -0.3 is 24.8 Å². The quantitative estimate of drug-likeness (QED) is 0.820. The molecule has 1 heterocycles. The van der Waals surface area contributed by atoms with Gasteiger partial charge in [-0.25, -0.2) is 9.59 Å². The maximum Gasteiger partial charge on any atom is 0.337 e. The standard InChI is InChI=1S/C15H17ClN2O5/c1-7-12(14(19)23-4)13(18-15(20)17-7)8-5-10(21-2)11(22-3)6-9(8)16/h5-6,13H,1-4H3,(H2,17,18,20)/t13-/m0/s1. The summed E-state index contributed by atoms with van der Waals surface area (Å²) in [5.74, 6) is 0.314. The number of hydrogen-bond donors (Lipinski definition) is 2. The molecule has 0 unspecified atom stereocenters. The van der Waals surface area contributed by atoms with Crippen molar-refractivity contribution >= 4 is 23.6 Å². The molecule has 23 heavy (non-hydrogen) atoms. The topological polar surface area (TPSA) is 85.9 Å². The Morgan fingerprint density at radius 1 is 1.17 bits per heavy atom. The smallest absolute Gasteiger partial charge is 0.337 e. The Morgan fingerprint density at radius 3 is 2.35 bits per heavy atom. The van der Waals surface area contributed by atoms with Gasteiger partial charge in [-0.2, -0.15) is 0 Å². The lowest BCUT2D eigenvalue weighted by Gasteiger charge is -2.28. The molecule has 1 aromatic carbocycles. The van der Waals surface area contributed by atoms with Crippen molar-refractivity contribution in [3.05, 3.63) is 34.0 Å². The summed E-state index contributed by atoms with van der Waals surface area (Å²) in [7, 11) is 4.25. The zero-order chi connectivity index (χ0) is 17.1. The number of hydrogen-bond acceptors (Lipinski definition) is 5. The summed E-state index contributed by atoms with van der Waals surface area (Å²) in [4.78, 5) is 23.9. The minimum absolute atomic E-state index is 0.265. The fourth-order valence-electron chi connectivity index (χ4n) is 2.40. The number of halogens is 1. The van der Waals surface area contributed by atoms with E-state index in [1.165, 1.54) is 21.3 Å². The van der Waals surface area contributed by atoms with Crippen LogP contribution < -0.4 is 20.1 Å². The second-order valence-electron chi connectivity index (χ2n) is 4.79. The predicted molar refractivity (Wildman–Crippen MR) is 83.7 cm³/mol. The average Bonchev–Trinajstić information content (AvgIpc) is 2.53. The molecular formula is C15H17ClN2O5. The van der Waals surface area contributed by atoms with Gasteiger partial charge in [0.1, 0.15) is 0 Å². The SMILES string of the molecule is COC(=O)C1=C(C)NC(=O)N[C@H]1c1cc(OC)c(OC)cc1Cl. The summed E-state index contributed by atoms with van der Waals surface area (Å²) < 4.78 is 15.2. The van der Waals surface area contributed by atoms with Crippen molar-refractivity contribution in [1.82, 2.24) is 10.6 Å². The van der Waals surface area contributed by atoms with E-state index in [4.69, 9.17) is 25.8 Å². The Bertz CT molecular complexity index is 687. The molecule has 0 radical (unpaired) electrons. The first-order valence-electron chi connectivity index (χ1n) is 6.71. The molecule has 1 aliphatic heterocycles. The molecule has 124 valence electrons. The van der Waals surface area contributed by atoms with Gasteiger partial charge in [0, 0.05) is 17.3 Å². The van der Waals surface area contributed by atoms with Gasteiger partial charge in [-0.15, -0.1) is 0 Å². The van der Waals surface area contributed by atoms with Crippen molar-refractivity contribution in [3.8, 4) is 11.5 Å². The Morgan fingerprint density at radius 2 is 1.78 bits per heavy atom. The summed E-state index contributed by atoms with van der Waals surface area (Å²) >= 11 is 6.30. The number of esters is 1. The van der Waals surface area contributed by atoms with E-state index in [0.29, 0.717) is 27.8 Å². The molecule has 0 bridgehead atoms. The zero-order valence-corrected chi connectivity index (χ0v) is 13.9. The van der Waals surface area contributed by atoms with Crippen LogP contribution in [0.25, 0.3) is 0 Å². The number of ether oxygens (including phenoxy) is 3. The minimum atomic E-state index is -0.761. The predicted octanol–water partition coefficient (Wildman–Crippen LogP) is 2.16. The molecule has 2 N–H and O–H groups in total. The third kappa shape index (κ3) is 3.19. The van der Waals surface area contributed by atoms with Crippen molar-refractivity contribution in [2.75, 3.05) is 21.3 Å². The molecule has 0 fully saturated rings. The van der Waals surface area contributed by atoms with Gasteiger partial charge in [-0.1, -0.05) is 11.6 Å². The number of carbonyl (C=O) groups is 2. The first-order valence-corrected chi connectivity index (χ1v) is 7.08. The maximum absolute atomic E-state index is 12.1. The highest BCUT2D eigenvalue weighted by Gasteiger charge is 2.33. The molecule has 1 aliphatic rings. The van der Waals surface area contributed by atoms with Crippen molar-refractivity contribution < 1.29 is 23.8 Å². The van der Waals surface area contributed by atoms with Gasteiger partial charge in [0.25, 0.3) is 0 Å². The van der Waals surface area contributed by atoms with E-state index in [1.54, 1.807) is 19.1 Å². The van der Waals surface area contributed by atoms with Crippen LogP contribution >= 0.6 is 11.6 Å². The Labute approximate surface area is 138 Å². The molecule has 0 saturated heterocycles. The molecule has 0 aliphatic carbocycles. The number of urea groups is 1. The molecule has 8 heteroatoms. The van der Waals surface area contributed by atoms with Crippen LogP contribution in [0.2, 0.25) is 5.02 Å². The Hall–Kier alpha value is -2.41. The van der Waals surface area contributed by atoms with Gasteiger partial charge in [-0.3, -0.25) is 0 Å². The van der Waals surface area contributed by atoms with Crippen molar-refractivity contribution in [2.45, 2.75) is 13.0 Å². The van der Waals surface area contributed by atoms with Gasteiger partial charge in [0.05, 0.1) is 38.0 Å². The number of allylic oxidation sites excluding steroid dienone is 1. The number of rotatable bonds is 4. The first kappa shape index (κ1) is 17.0. The highest BCUT2D eigenvalue weighted by Crippen LogP contribution is 2.39. The monoisotopic (exact) mass is 340 g/mol. The maximum atomic E-state index is 12.1. The molecule has 2 rings (SSSR count). The zero-order valence-electron chi connectivity index (χ0n) is 13.2. The third-order valence-corrected chi connectivity index (χ3v) is 3.82. The van der Waals surface area contributed by atoms with Gasteiger partial charge in [-0.05, 0) is 13.0 Å². The fraction of sp³-hybridized carbons (Fsp3) is 0.333. The van der Waals surface area contributed by atoms with E-state index in [0.717, 1.165) is 0 Å². The lowest BCUT2D eigenvalue weighted by Crippen LogP contribution is -2.45. The second-order valence-corrected chi connectivity index (χ2v) is 5.20. The van der Waals surface area contributed by atoms with E-state index < -0.39 is 18.0 Å². The highest BCUT2D eigenvalue weighted by molar-refractivity contribution is 6.31. The van der Waals surface area contributed by atoms with E-state index in [-0.39, 0.29) is 5.57 Å². The van der Waals surface area contributed by atoms with Crippen LogP contribution in [0.3, 0.4) is 0 Å². The number of benzene rings is 1. The molecule has 2 amide bonds. The van der Waals surface area contributed by atoms with Gasteiger partial charge in [0.15, 0.2) is 11.5 Å². The fourth-order valence-corrected chi connectivity index (χ4v) is 2.66. The number of methoxy groups -OCH3 is 3. The van der Waals surface area contributed by atoms with Crippen molar-refractivity contribution in [1.29, 1.82) is 0 Å². The van der Waals surface area contributed by atoms with Crippen LogP contribution in [0.1, 0.15) is 18.5 Å². The van der Waals surface area contributed by atoms with Gasteiger partial charge >= 0.3 is 12.0 Å². The largest absolute Gasteiger partial charge is 0.493 e. The molecule has 0 saturated carbocycles. The van der Waals surface area contributed by atoms with Gasteiger partial charge in [0.2, 0.25) is 0 Å². The molecule has 1 atom stereocenters. The molecular weight excluding hydrogens is 324 g/mol. The van der Waals surface area contributed by atoms with Crippen LogP contribution in [0.4, 0.5) is 4.79 Å². The van der Waals surface area contributed by atoms with Crippen LogP contribution in [0.5, 0.6) is 11.5 Å². The summed E-state index contributed by atoms with van der Waals surface area (Å²) in [6.07, 6.45) is 0. The van der Waals surface area contributed by atoms with E-state index >= 15 is 0 Å². The molecule has 0 aromatic heterocycles. The van der Waals surface area contributed by atoms with Crippen LogP contribution in [0.15, 0.2) is 23.4 Å². The Balaban J connectivity index is 2.60. The van der Waals surface area contributed by atoms with Crippen LogP contribution in [-0.2, 0) is 9.53 Å². The number of nitrogens with one attached hydrogen (secondary N) is 2. The summed E-state index contributed by atoms with van der Waals surface area (Å²) in [6, 6.07) is 1.98. The summed E-state index contributed by atoms with van der Waals surface area (Å²) in [5, 5.41) is 5.54. The third-order valence-electron chi connectivity index (χ3n) is 3.49. The lowest BCUT2D eigenvalue weighted by atomic mass is 9.95.